The van der Waals surface area contributed by atoms with Crippen molar-refractivity contribution in [3.63, 3.8) is 0 Å². The highest BCUT2D eigenvalue weighted by atomic mass is 16.2. The lowest BCUT2D eigenvalue weighted by molar-refractivity contribution is 0.0950. The maximum Gasteiger partial charge on any atom is 0.290 e. The number of carbonyl (C=O) groups is 1. The first-order chi connectivity index (χ1) is 15.1. The second kappa shape index (κ2) is 9.38. The van der Waals surface area contributed by atoms with Crippen molar-refractivity contribution in [2.45, 2.75) is 12.8 Å². The number of carbonyl (C=O) groups excluding carboxylic acids is 1. The van der Waals surface area contributed by atoms with Crippen molar-refractivity contribution >= 4 is 23.0 Å². The van der Waals surface area contributed by atoms with Gasteiger partial charge in [0.05, 0.1) is 5.69 Å². The molecule has 0 saturated carbocycles. The van der Waals surface area contributed by atoms with Crippen LogP contribution in [0.25, 0.3) is 0 Å². The number of aromatic nitrogens is 2. The Morgan fingerprint density at radius 1 is 0.968 bits per heavy atom. The molecule has 3 aromatic rings. The van der Waals surface area contributed by atoms with Crippen molar-refractivity contribution in [2.24, 2.45) is 5.10 Å². The third-order valence-corrected chi connectivity index (χ3v) is 5.27. The molecule has 0 spiro atoms. The van der Waals surface area contributed by atoms with Crippen LogP contribution in [-0.2, 0) is 0 Å². The largest absolute Gasteiger partial charge is 0.378 e. The van der Waals surface area contributed by atoms with E-state index in [0.29, 0.717) is 17.1 Å². The minimum atomic E-state index is -0.349. The molecule has 1 aromatic carbocycles. The van der Waals surface area contributed by atoms with Crippen LogP contribution in [0, 0.1) is 0 Å². The molecule has 1 aliphatic rings. The molecule has 1 fully saturated rings. The highest BCUT2D eigenvalue weighted by Crippen LogP contribution is 2.20. The van der Waals surface area contributed by atoms with Crippen LogP contribution < -0.4 is 15.2 Å². The molecule has 1 N–H and O–H groups in total. The smallest absolute Gasteiger partial charge is 0.290 e. The minimum Gasteiger partial charge on any atom is -0.378 e. The summed E-state index contributed by atoms with van der Waals surface area (Å²) in [6.07, 6.45) is 5.76. The minimum absolute atomic E-state index is 0.343. The summed E-state index contributed by atoms with van der Waals surface area (Å²) >= 11 is 0. The van der Waals surface area contributed by atoms with Gasteiger partial charge in [0, 0.05) is 56.5 Å². The fourth-order valence-corrected chi connectivity index (χ4v) is 3.57. The van der Waals surface area contributed by atoms with Crippen molar-refractivity contribution in [1.29, 1.82) is 0 Å². The zero-order valence-electron chi connectivity index (χ0n) is 17.8. The van der Waals surface area contributed by atoms with E-state index in [0.717, 1.165) is 30.0 Å². The Balaban J connectivity index is 1.62. The summed E-state index contributed by atoms with van der Waals surface area (Å²) in [6.45, 7) is 2.02. The lowest BCUT2D eigenvalue weighted by Crippen LogP contribution is -2.23. The Morgan fingerprint density at radius 3 is 2.42 bits per heavy atom. The van der Waals surface area contributed by atoms with Gasteiger partial charge in [0.25, 0.3) is 5.91 Å². The second-order valence-electron chi connectivity index (χ2n) is 7.65. The van der Waals surface area contributed by atoms with Gasteiger partial charge in [-0.1, -0.05) is 30.3 Å². The molecule has 3 heterocycles. The fraction of sp³-hybridized carbons (Fsp3) is 0.250. The molecule has 0 atom stereocenters. The molecule has 0 radical (unpaired) electrons. The average molecular weight is 415 g/mol. The van der Waals surface area contributed by atoms with Gasteiger partial charge >= 0.3 is 0 Å². The van der Waals surface area contributed by atoms with E-state index in [1.807, 2.05) is 73.6 Å². The van der Waals surface area contributed by atoms with Gasteiger partial charge in [0.2, 0.25) is 0 Å². The number of hydrogen-bond acceptors (Lipinski definition) is 6. The molecular weight excluding hydrogens is 388 g/mol. The van der Waals surface area contributed by atoms with Crippen molar-refractivity contribution < 1.29 is 4.79 Å². The molecule has 1 aliphatic heterocycles. The van der Waals surface area contributed by atoms with Crippen LogP contribution in [0.5, 0.6) is 0 Å². The van der Waals surface area contributed by atoms with E-state index in [2.05, 4.69) is 25.4 Å². The molecule has 7 nitrogen and oxygen atoms in total. The molecule has 2 aromatic heterocycles. The van der Waals surface area contributed by atoms with Gasteiger partial charge < -0.3 is 9.80 Å². The molecule has 158 valence electrons. The van der Waals surface area contributed by atoms with Gasteiger partial charge in [0.1, 0.15) is 11.4 Å². The SMILES string of the molecule is CN(C)c1ccnc(C(=NNC(=O)c2cc(N3CCCC3)ccn2)c2ccccc2)c1. The van der Waals surface area contributed by atoms with Crippen molar-refractivity contribution in [1.82, 2.24) is 15.4 Å². The summed E-state index contributed by atoms with van der Waals surface area (Å²) in [6, 6.07) is 17.3. The van der Waals surface area contributed by atoms with Crippen LogP contribution in [0.4, 0.5) is 11.4 Å². The van der Waals surface area contributed by atoms with Crippen LogP contribution >= 0.6 is 0 Å². The summed E-state index contributed by atoms with van der Waals surface area (Å²) in [5.41, 5.74) is 7.17. The van der Waals surface area contributed by atoms with E-state index in [9.17, 15) is 4.79 Å². The Bertz CT molecular complexity index is 1070. The summed E-state index contributed by atoms with van der Waals surface area (Å²) < 4.78 is 0. The summed E-state index contributed by atoms with van der Waals surface area (Å²) in [4.78, 5) is 25.8. The Labute approximate surface area is 182 Å². The number of benzene rings is 1. The standard InChI is InChI=1S/C24H26N6O/c1-29(2)19-10-12-25-21(16-19)23(18-8-4-3-5-9-18)27-28-24(31)22-17-20(11-13-26-22)30-14-6-7-15-30/h3-5,8-13,16-17H,6-7,14-15H2,1-2H3,(H,28,31). The normalized spacial score (nSPS) is 13.9. The van der Waals surface area contributed by atoms with Crippen LogP contribution in [0.15, 0.2) is 72.1 Å². The number of nitrogens with zero attached hydrogens (tertiary/aromatic N) is 5. The summed E-state index contributed by atoms with van der Waals surface area (Å²) in [5.74, 6) is -0.349. The lowest BCUT2D eigenvalue weighted by Gasteiger charge is -2.17. The van der Waals surface area contributed by atoms with Gasteiger partial charge in [-0.15, -0.1) is 0 Å². The van der Waals surface area contributed by atoms with E-state index in [1.54, 1.807) is 12.4 Å². The molecule has 1 saturated heterocycles. The van der Waals surface area contributed by atoms with E-state index in [1.165, 1.54) is 12.8 Å². The lowest BCUT2D eigenvalue weighted by atomic mass is 10.1. The number of rotatable bonds is 6. The second-order valence-corrected chi connectivity index (χ2v) is 7.65. The molecular formula is C24H26N6O. The van der Waals surface area contributed by atoms with Gasteiger partial charge in [-0.05, 0) is 37.1 Å². The van der Waals surface area contributed by atoms with Crippen molar-refractivity contribution in [2.75, 3.05) is 37.0 Å². The molecule has 0 bridgehead atoms. The van der Waals surface area contributed by atoms with E-state index in [-0.39, 0.29) is 5.91 Å². The highest BCUT2D eigenvalue weighted by molar-refractivity contribution is 6.12. The quantitative estimate of drug-likeness (QED) is 0.495. The molecule has 0 unspecified atom stereocenters. The number of anilines is 2. The zero-order chi connectivity index (χ0) is 21.6. The topological polar surface area (TPSA) is 73.7 Å². The van der Waals surface area contributed by atoms with E-state index < -0.39 is 0 Å². The predicted octanol–water partition coefficient (Wildman–Crippen LogP) is 3.33. The number of hydrogen-bond donors (Lipinski definition) is 1. The van der Waals surface area contributed by atoms with Crippen molar-refractivity contribution in [3.8, 4) is 0 Å². The molecule has 1 amide bonds. The number of nitrogens with one attached hydrogen (secondary N) is 1. The monoisotopic (exact) mass is 414 g/mol. The highest BCUT2D eigenvalue weighted by Gasteiger charge is 2.16. The molecule has 0 aliphatic carbocycles. The number of hydrazone groups is 1. The van der Waals surface area contributed by atoms with Gasteiger partial charge in [-0.25, -0.2) is 5.43 Å². The maximum atomic E-state index is 12.8. The first kappa shape index (κ1) is 20.5. The van der Waals surface area contributed by atoms with Crippen LogP contribution in [0.2, 0.25) is 0 Å². The van der Waals surface area contributed by atoms with Gasteiger partial charge in [0.15, 0.2) is 0 Å². The van der Waals surface area contributed by atoms with Gasteiger partial charge in [-0.3, -0.25) is 14.8 Å². The Morgan fingerprint density at radius 2 is 1.68 bits per heavy atom. The number of pyridine rings is 2. The van der Waals surface area contributed by atoms with Crippen LogP contribution in [0.1, 0.15) is 34.6 Å². The first-order valence-corrected chi connectivity index (χ1v) is 10.4. The first-order valence-electron chi connectivity index (χ1n) is 10.4. The van der Waals surface area contributed by atoms with E-state index in [4.69, 9.17) is 0 Å². The third kappa shape index (κ3) is 4.88. The Hall–Kier alpha value is -3.74. The molecule has 4 rings (SSSR count). The fourth-order valence-electron chi connectivity index (χ4n) is 3.57. The summed E-state index contributed by atoms with van der Waals surface area (Å²) in [5, 5.41) is 4.45. The summed E-state index contributed by atoms with van der Waals surface area (Å²) in [7, 11) is 3.94. The third-order valence-electron chi connectivity index (χ3n) is 5.27. The van der Waals surface area contributed by atoms with Crippen LogP contribution in [-0.4, -0.2) is 48.8 Å². The van der Waals surface area contributed by atoms with E-state index >= 15 is 0 Å². The predicted molar refractivity (Wildman–Crippen MR) is 124 cm³/mol. The van der Waals surface area contributed by atoms with Crippen molar-refractivity contribution in [3.05, 3.63) is 83.9 Å². The average Bonchev–Trinajstić information content (AvgIpc) is 3.35. The van der Waals surface area contributed by atoms with Crippen LogP contribution in [0.3, 0.4) is 0 Å². The number of amides is 1. The maximum absolute atomic E-state index is 12.8. The molecule has 7 heteroatoms. The Kier molecular flexibility index (Phi) is 6.21. The zero-order valence-corrected chi connectivity index (χ0v) is 17.8. The van der Waals surface area contributed by atoms with Gasteiger partial charge in [-0.2, -0.15) is 5.10 Å². The molecule has 31 heavy (non-hydrogen) atoms.